The van der Waals surface area contributed by atoms with Gasteiger partial charge < -0.3 is 15.4 Å². The zero-order valence-corrected chi connectivity index (χ0v) is 16.9. The second kappa shape index (κ2) is 9.31. The van der Waals surface area contributed by atoms with Crippen molar-refractivity contribution in [2.75, 3.05) is 19.0 Å². The number of hydrogen-bond donors (Lipinski definition) is 2. The molecule has 0 fully saturated rings. The summed E-state index contributed by atoms with van der Waals surface area (Å²) in [5.74, 6) is -0.254. The van der Waals surface area contributed by atoms with Crippen LogP contribution in [-0.2, 0) is 4.79 Å². The third-order valence-corrected chi connectivity index (χ3v) is 4.44. The Morgan fingerprint density at radius 2 is 2.03 bits per heavy atom. The number of nitrogens with zero attached hydrogens (tertiary/aromatic N) is 4. The van der Waals surface area contributed by atoms with E-state index in [2.05, 4.69) is 26.2 Å². The SMILES string of the molecule is COc1ccc(NC(=O)CCNC(=O)c2ccc(F)cc2Cl)cc1-n1nnnc1C. The van der Waals surface area contributed by atoms with E-state index in [1.54, 1.807) is 25.1 Å². The van der Waals surface area contributed by atoms with Gasteiger partial charge in [0.05, 0.1) is 17.7 Å². The highest BCUT2D eigenvalue weighted by molar-refractivity contribution is 6.33. The van der Waals surface area contributed by atoms with Crippen molar-refractivity contribution in [2.24, 2.45) is 0 Å². The number of methoxy groups -OCH3 is 1. The van der Waals surface area contributed by atoms with Crippen LogP contribution in [0.2, 0.25) is 5.02 Å². The van der Waals surface area contributed by atoms with Crippen molar-refractivity contribution in [3.63, 3.8) is 0 Å². The molecule has 0 radical (unpaired) electrons. The normalized spacial score (nSPS) is 10.5. The Labute approximate surface area is 176 Å². The van der Waals surface area contributed by atoms with E-state index in [0.29, 0.717) is 22.9 Å². The minimum atomic E-state index is -0.536. The molecule has 1 aromatic heterocycles. The Kier molecular flexibility index (Phi) is 6.58. The second-order valence-corrected chi connectivity index (χ2v) is 6.61. The van der Waals surface area contributed by atoms with E-state index < -0.39 is 11.7 Å². The highest BCUT2D eigenvalue weighted by Gasteiger charge is 2.14. The molecule has 0 saturated carbocycles. The molecule has 2 aromatic carbocycles. The molecule has 0 bridgehead atoms. The summed E-state index contributed by atoms with van der Waals surface area (Å²) < 4.78 is 19.9. The number of ether oxygens (including phenoxy) is 1. The van der Waals surface area contributed by atoms with Crippen LogP contribution in [0.1, 0.15) is 22.6 Å². The molecule has 11 heteroatoms. The van der Waals surface area contributed by atoms with Gasteiger partial charge in [-0.1, -0.05) is 11.6 Å². The maximum absolute atomic E-state index is 13.1. The summed E-state index contributed by atoms with van der Waals surface area (Å²) in [6.45, 7) is 1.81. The molecular formula is C19H18ClFN6O3. The van der Waals surface area contributed by atoms with Crippen molar-refractivity contribution >= 4 is 29.1 Å². The standard InChI is InChI=1S/C19H18ClFN6O3/c1-11-24-25-26-27(11)16-10-13(4-6-17(16)30-2)23-18(28)7-8-22-19(29)14-5-3-12(21)9-15(14)20/h3-6,9-10H,7-8H2,1-2H3,(H,22,29)(H,23,28). The lowest BCUT2D eigenvalue weighted by molar-refractivity contribution is -0.116. The maximum atomic E-state index is 13.1. The zero-order chi connectivity index (χ0) is 21.7. The number of hydrogen-bond acceptors (Lipinski definition) is 6. The third-order valence-electron chi connectivity index (χ3n) is 4.13. The molecule has 3 rings (SSSR count). The van der Waals surface area contributed by atoms with Crippen LogP contribution in [0.4, 0.5) is 10.1 Å². The molecule has 0 aliphatic carbocycles. The minimum absolute atomic E-state index is 0.000563. The monoisotopic (exact) mass is 432 g/mol. The Morgan fingerprint density at radius 1 is 1.23 bits per heavy atom. The number of nitrogens with one attached hydrogen (secondary N) is 2. The Hall–Kier alpha value is -3.53. The van der Waals surface area contributed by atoms with Crippen LogP contribution in [0.3, 0.4) is 0 Å². The fourth-order valence-corrected chi connectivity index (χ4v) is 2.92. The minimum Gasteiger partial charge on any atom is -0.494 e. The lowest BCUT2D eigenvalue weighted by Gasteiger charge is -2.12. The van der Waals surface area contributed by atoms with Gasteiger partial charge in [0.25, 0.3) is 5.91 Å². The molecule has 0 atom stereocenters. The van der Waals surface area contributed by atoms with Crippen LogP contribution in [0.15, 0.2) is 36.4 Å². The van der Waals surface area contributed by atoms with Crippen LogP contribution < -0.4 is 15.4 Å². The van der Waals surface area contributed by atoms with E-state index in [1.807, 2.05) is 0 Å². The zero-order valence-electron chi connectivity index (χ0n) is 16.1. The quantitative estimate of drug-likeness (QED) is 0.593. The Bertz CT molecular complexity index is 1090. The van der Waals surface area contributed by atoms with Gasteiger partial charge in [0.15, 0.2) is 5.82 Å². The fourth-order valence-electron chi connectivity index (χ4n) is 2.67. The Morgan fingerprint density at radius 3 is 2.70 bits per heavy atom. The number of aromatic nitrogens is 4. The van der Waals surface area contributed by atoms with Crippen molar-refractivity contribution in [3.8, 4) is 11.4 Å². The van der Waals surface area contributed by atoms with Crippen LogP contribution >= 0.6 is 11.6 Å². The van der Waals surface area contributed by atoms with Gasteiger partial charge in [-0.15, -0.1) is 5.10 Å². The molecule has 156 valence electrons. The van der Waals surface area contributed by atoms with Gasteiger partial charge >= 0.3 is 0 Å². The number of halogens is 2. The molecule has 9 nitrogen and oxygen atoms in total. The number of amides is 2. The van der Waals surface area contributed by atoms with E-state index in [4.69, 9.17) is 16.3 Å². The number of rotatable bonds is 7. The number of carbonyl (C=O) groups excluding carboxylic acids is 2. The van der Waals surface area contributed by atoms with Crippen molar-refractivity contribution in [3.05, 3.63) is 58.6 Å². The highest BCUT2D eigenvalue weighted by Crippen LogP contribution is 2.26. The largest absolute Gasteiger partial charge is 0.494 e. The molecule has 2 amide bonds. The van der Waals surface area contributed by atoms with Gasteiger partial charge in [0.1, 0.15) is 17.3 Å². The molecular weight excluding hydrogens is 415 g/mol. The molecule has 0 aliphatic heterocycles. The summed E-state index contributed by atoms with van der Waals surface area (Å²) in [5, 5.41) is 16.7. The number of aryl methyl sites for hydroxylation is 1. The molecule has 0 aliphatic rings. The first kappa shape index (κ1) is 21.2. The van der Waals surface area contributed by atoms with Gasteiger partial charge in [-0.05, 0) is 53.7 Å². The van der Waals surface area contributed by atoms with Crippen molar-refractivity contribution < 1.29 is 18.7 Å². The number of tetrazole rings is 1. The molecule has 0 spiro atoms. The topological polar surface area (TPSA) is 111 Å². The first-order chi connectivity index (χ1) is 14.4. The second-order valence-electron chi connectivity index (χ2n) is 6.20. The lowest BCUT2D eigenvalue weighted by atomic mass is 10.2. The summed E-state index contributed by atoms with van der Waals surface area (Å²) in [4.78, 5) is 24.4. The van der Waals surface area contributed by atoms with Crippen LogP contribution in [0, 0.1) is 12.7 Å². The van der Waals surface area contributed by atoms with E-state index >= 15 is 0 Å². The number of anilines is 1. The average Bonchev–Trinajstić information content (AvgIpc) is 3.13. The molecule has 1 heterocycles. The highest BCUT2D eigenvalue weighted by atomic mass is 35.5. The predicted octanol–water partition coefficient (Wildman–Crippen LogP) is 2.53. The molecule has 30 heavy (non-hydrogen) atoms. The van der Waals surface area contributed by atoms with E-state index in [9.17, 15) is 14.0 Å². The molecule has 0 unspecified atom stereocenters. The van der Waals surface area contributed by atoms with Crippen molar-refractivity contribution in [1.82, 2.24) is 25.5 Å². The van der Waals surface area contributed by atoms with Gasteiger partial charge in [0, 0.05) is 18.7 Å². The summed E-state index contributed by atoms with van der Waals surface area (Å²) >= 11 is 5.86. The summed E-state index contributed by atoms with van der Waals surface area (Å²) in [7, 11) is 1.52. The van der Waals surface area contributed by atoms with Gasteiger partial charge in [-0.3, -0.25) is 9.59 Å². The Balaban J connectivity index is 1.60. The third kappa shape index (κ3) is 4.90. The van der Waals surface area contributed by atoms with Crippen LogP contribution in [0.25, 0.3) is 5.69 Å². The smallest absolute Gasteiger partial charge is 0.252 e. The summed E-state index contributed by atoms with van der Waals surface area (Å²) in [5.41, 5.74) is 1.21. The number of benzene rings is 2. The van der Waals surface area contributed by atoms with Crippen molar-refractivity contribution in [1.29, 1.82) is 0 Å². The summed E-state index contributed by atoms with van der Waals surface area (Å²) in [6, 6.07) is 8.52. The van der Waals surface area contributed by atoms with Gasteiger partial charge in [-0.2, -0.15) is 4.68 Å². The maximum Gasteiger partial charge on any atom is 0.252 e. The first-order valence-corrected chi connectivity index (χ1v) is 9.23. The number of carbonyl (C=O) groups is 2. The van der Waals surface area contributed by atoms with Gasteiger partial charge in [-0.25, -0.2) is 4.39 Å². The average molecular weight is 433 g/mol. The molecule has 2 N–H and O–H groups in total. The van der Waals surface area contributed by atoms with Crippen LogP contribution in [-0.4, -0.2) is 45.7 Å². The van der Waals surface area contributed by atoms with E-state index in [1.165, 1.54) is 17.9 Å². The molecule has 0 saturated heterocycles. The van der Waals surface area contributed by atoms with Crippen LogP contribution in [0.5, 0.6) is 5.75 Å². The predicted molar refractivity (Wildman–Crippen MR) is 107 cm³/mol. The fraction of sp³-hybridized carbons (Fsp3) is 0.211. The van der Waals surface area contributed by atoms with E-state index in [0.717, 1.165) is 12.1 Å². The molecule has 3 aromatic rings. The summed E-state index contributed by atoms with van der Waals surface area (Å²) in [6.07, 6.45) is 0.0236. The lowest BCUT2D eigenvalue weighted by Crippen LogP contribution is -2.28. The van der Waals surface area contributed by atoms with Crippen molar-refractivity contribution in [2.45, 2.75) is 13.3 Å². The van der Waals surface area contributed by atoms with E-state index in [-0.39, 0.29) is 29.5 Å². The first-order valence-electron chi connectivity index (χ1n) is 8.85. The van der Waals surface area contributed by atoms with Gasteiger partial charge in [0.2, 0.25) is 5.91 Å².